The van der Waals surface area contributed by atoms with Crippen LogP contribution < -0.4 is 10.6 Å². The normalized spacial score (nSPS) is 16.7. The van der Waals surface area contributed by atoms with Gasteiger partial charge in [0.05, 0.1) is 16.4 Å². The number of hydrogen-bond donors (Lipinski definition) is 1. The maximum Gasteiger partial charge on any atom is 0.235 e. The van der Waals surface area contributed by atoms with Crippen molar-refractivity contribution in [1.82, 2.24) is 4.98 Å². The molecule has 0 saturated carbocycles. The highest BCUT2D eigenvalue weighted by molar-refractivity contribution is 9.10. The standard InChI is InChI=1S/C10H10BrN3O2/c11-7-4-6(12)5-13-10(7)14-8(15)2-1-3-9(14)16/h4-5H,1-3,12H2. The summed E-state index contributed by atoms with van der Waals surface area (Å²) < 4.78 is 0.552. The molecule has 0 aliphatic carbocycles. The number of pyridine rings is 1. The molecule has 0 spiro atoms. The van der Waals surface area contributed by atoms with Crippen LogP contribution in [-0.4, -0.2) is 16.8 Å². The molecule has 2 heterocycles. The average molecular weight is 284 g/mol. The summed E-state index contributed by atoms with van der Waals surface area (Å²) in [5.74, 6) is -0.104. The minimum atomic E-state index is -0.214. The Kier molecular flexibility index (Phi) is 2.91. The van der Waals surface area contributed by atoms with E-state index in [9.17, 15) is 9.59 Å². The first-order valence-corrected chi connectivity index (χ1v) is 5.65. The van der Waals surface area contributed by atoms with Gasteiger partial charge in [0.2, 0.25) is 11.8 Å². The number of piperidine rings is 1. The molecule has 2 amide bonds. The van der Waals surface area contributed by atoms with E-state index in [1.807, 2.05) is 0 Å². The van der Waals surface area contributed by atoms with Crippen molar-refractivity contribution in [2.75, 3.05) is 10.6 Å². The van der Waals surface area contributed by atoms with Gasteiger partial charge in [-0.25, -0.2) is 9.88 Å². The second kappa shape index (κ2) is 4.21. The highest BCUT2D eigenvalue weighted by Crippen LogP contribution is 2.28. The van der Waals surface area contributed by atoms with Crippen LogP contribution >= 0.6 is 15.9 Å². The third-order valence-electron chi connectivity index (χ3n) is 2.33. The van der Waals surface area contributed by atoms with Crippen molar-refractivity contribution in [2.24, 2.45) is 0 Å². The van der Waals surface area contributed by atoms with Crippen molar-refractivity contribution in [3.63, 3.8) is 0 Å². The number of halogens is 1. The number of carbonyl (C=O) groups excluding carboxylic acids is 2. The van der Waals surface area contributed by atoms with Crippen LogP contribution in [0.15, 0.2) is 16.7 Å². The summed E-state index contributed by atoms with van der Waals surface area (Å²) in [7, 11) is 0. The Morgan fingerprint density at radius 1 is 1.31 bits per heavy atom. The molecular formula is C10H10BrN3O2. The van der Waals surface area contributed by atoms with Gasteiger partial charge in [0.15, 0.2) is 5.82 Å². The number of hydrogen-bond acceptors (Lipinski definition) is 4. The molecule has 16 heavy (non-hydrogen) atoms. The molecular weight excluding hydrogens is 274 g/mol. The zero-order valence-corrected chi connectivity index (χ0v) is 10.0. The topological polar surface area (TPSA) is 76.3 Å². The Bertz CT molecular complexity index is 445. The largest absolute Gasteiger partial charge is 0.397 e. The minimum Gasteiger partial charge on any atom is -0.397 e. The fourth-order valence-corrected chi connectivity index (χ4v) is 2.14. The second-order valence-corrected chi connectivity index (χ2v) is 4.40. The van der Waals surface area contributed by atoms with Gasteiger partial charge in [0.25, 0.3) is 0 Å². The average Bonchev–Trinajstić information content (AvgIpc) is 2.20. The van der Waals surface area contributed by atoms with E-state index in [1.165, 1.54) is 6.20 Å². The first kappa shape index (κ1) is 11.1. The lowest BCUT2D eigenvalue weighted by Gasteiger charge is -2.24. The minimum absolute atomic E-state index is 0.214. The SMILES string of the molecule is Nc1cnc(N2C(=O)CCCC2=O)c(Br)c1. The van der Waals surface area contributed by atoms with Crippen LogP contribution in [0.3, 0.4) is 0 Å². The maximum absolute atomic E-state index is 11.7. The van der Waals surface area contributed by atoms with Gasteiger partial charge < -0.3 is 5.73 Å². The Balaban J connectivity index is 2.42. The van der Waals surface area contributed by atoms with Crippen LogP contribution in [0.25, 0.3) is 0 Å². The van der Waals surface area contributed by atoms with E-state index in [4.69, 9.17) is 5.73 Å². The van der Waals surface area contributed by atoms with Gasteiger partial charge in [-0.15, -0.1) is 0 Å². The molecule has 2 N–H and O–H groups in total. The molecule has 0 aromatic carbocycles. The van der Waals surface area contributed by atoms with Gasteiger partial charge in [-0.3, -0.25) is 9.59 Å². The third-order valence-corrected chi connectivity index (χ3v) is 2.92. The van der Waals surface area contributed by atoms with Crippen LogP contribution in [0.2, 0.25) is 0 Å². The molecule has 0 radical (unpaired) electrons. The molecule has 6 heteroatoms. The number of rotatable bonds is 1. The Morgan fingerprint density at radius 2 is 1.94 bits per heavy atom. The maximum atomic E-state index is 11.7. The smallest absolute Gasteiger partial charge is 0.235 e. The Labute approximate surface area is 101 Å². The Morgan fingerprint density at radius 3 is 2.50 bits per heavy atom. The van der Waals surface area contributed by atoms with E-state index in [1.54, 1.807) is 6.07 Å². The zero-order valence-electron chi connectivity index (χ0n) is 8.44. The van der Waals surface area contributed by atoms with Crippen LogP contribution in [0.4, 0.5) is 11.5 Å². The second-order valence-electron chi connectivity index (χ2n) is 3.55. The predicted octanol–water partition coefficient (Wildman–Crippen LogP) is 1.47. The monoisotopic (exact) mass is 283 g/mol. The van der Waals surface area contributed by atoms with E-state index in [0.29, 0.717) is 35.2 Å². The highest BCUT2D eigenvalue weighted by atomic mass is 79.9. The fourth-order valence-electron chi connectivity index (χ4n) is 1.60. The summed E-state index contributed by atoms with van der Waals surface area (Å²) in [4.78, 5) is 28.4. The lowest BCUT2D eigenvalue weighted by atomic mass is 10.1. The number of carbonyl (C=O) groups is 2. The summed E-state index contributed by atoms with van der Waals surface area (Å²) in [6.45, 7) is 0. The summed E-state index contributed by atoms with van der Waals surface area (Å²) in [6.07, 6.45) is 2.80. The van der Waals surface area contributed by atoms with Gasteiger partial charge in [-0.05, 0) is 28.4 Å². The van der Waals surface area contributed by atoms with Crippen molar-refractivity contribution < 1.29 is 9.59 Å². The lowest BCUT2D eigenvalue weighted by molar-refractivity contribution is -0.129. The number of imide groups is 1. The van der Waals surface area contributed by atoms with Gasteiger partial charge in [0.1, 0.15) is 0 Å². The van der Waals surface area contributed by atoms with E-state index in [-0.39, 0.29) is 11.8 Å². The number of amides is 2. The molecule has 1 aliphatic rings. The number of nitrogen functional groups attached to an aromatic ring is 1. The summed E-state index contributed by atoms with van der Waals surface area (Å²) in [6, 6.07) is 1.62. The highest BCUT2D eigenvalue weighted by Gasteiger charge is 2.29. The first-order chi connectivity index (χ1) is 7.59. The molecule has 1 fully saturated rings. The van der Waals surface area contributed by atoms with Crippen molar-refractivity contribution in [3.05, 3.63) is 16.7 Å². The van der Waals surface area contributed by atoms with Crippen LogP contribution in [-0.2, 0) is 9.59 Å². The summed E-state index contributed by atoms with van der Waals surface area (Å²) in [5, 5.41) is 0. The molecule has 0 unspecified atom stereocenters. The van der Waals surface area contributed by atoms with E-state index in [2.05, 4.69) is 20.9 Å². The van der Waals surface area contributed by atoms with Crippen molar-refractivity contribution >= 4 is 39.2 Å². The fraction of sp³-hybridized carbons (Fsp3) is 0.300. The summed E-state index contributed by atoms with van der Waals surface area (Å²) in [5.41, 5.74) is 6.02. The van der Waals surface area contributed by atoms with Crippen molar-refractivity contribution in [2.45, 2.75) is 19.3 Å². The third kappa shape index (κ3) is 1.92. The molecule has 5 nitrogen and oxygen atoms in total. The predicted molar refractivity (Wildman–Crippen MR) is 62.7 cm³/mol. The van der Waals surface area contributed by atoms with E-state index < -0.39 is 0 Å². The number of nitrogens with zero attached hydrogens (tertiary/aromatic N) is 2. The number of nitrogens with two attached hydrogens (primary N) is 1. The molecule has 1 aromatic heterocycles. The van der Waals surface area contributed by atoms with Gasteiger partial charge in [-0.1, -0.05) is 0 Å². The molecule has 2 rings (SSSR count). The molecule has 84 valence electrons. The number of anilines is 2. The van der Waals surface area contributed by atoms with Gasteiger partial charge in [-0.2, -0.15) is 0 Å². The zero-order chi connectivity index (χ0) is 11.7. The molecule has 1 aliphatic heterocycles. The lowest BCUT2D eigenvalue weighted by Crippen LogP contribution is -2.40. The van der Waals surface area contributed by atoms with Gasteiger partial charge >= 0.3 is 0 Å². The summed E-state index contributed by atoms with van der Waals surface area (Å²) >= 11 is 3.25. The van der Waals surface area contributed by atoms with Crippen molar-refractivity contribution in [3.8, 4) is 0 Å². The van der Waals surface area contributed by atoms with E-state index in [0.717, 1.165) is 4.90 Å². The molecule has 0 bridgehead atoms. The van der Waals surface area contributed by atoms with Crippen LogP contribution in [0.5, 0.6) is 0 Å². The first-order valence-electron chi connectivity index (χ1n) is 4.86. The molecule has 1 saturated heterocycles. The number of aromatic nitrogens is 1. The quantitative estimate of drug-likeness (QED) is 0.792. The Hall–Kier alpha value is -1.43. The molecule has 1 aromatic rings. The van der Waals surface area contributed by atoms with Crippen molar-refractivity contribution in [1.29, 1.82) is 0 Å². The van der Waals surface area contributed by atoms with Crippen LogP contribution in [0.1, 0.15) is 19.3 Å². The van der Waals surface area contributed by atoms with Gasteiger partial charge in [0, 0.05) is 12.8 Å². The van der Waals surface area contributed by atoms with E-state index >= 15 is 0 Å². The molecule has 0 atom stereocenters. The van der Waals surface area contributed by atoms with Crippen LogP contribution in [0, 0.1) is 0 Å².